The van der Waals surface area contributed by atoms with Gasteiger partial charge >= 0.3 is 6.18 Å². The first kappa shape index (κ1) is 20.1. The first-order chi connectivity index (χ1) is 13.3. The number of ether oxygens (including phenoxy) is 1. The Bertz CT molecular complexity index is 837. The highest BCUT2D eigenvalue weighted by Crippen LogP contribution is 2.33. The van der Waals surface area contributed by atoms with Gasteiger partial charge in [0.2, 0.25) is 0 Å². The number of methoxy groups -OCH3 is 1. The Morgan fingerprint density at radius 2 is 1.93 bits per heavy atom. The van der Waals surface area contributed by atoms with E-state index >= 15 is 0 Å². The molecule has 1 unspecified atom stereocenters. The van der Waals surface area contributed by atoms with Crippen molar-refractivity contribution in [2.45, 2.75) is 18.6 Å². The monoisotopic (exact) mass is 396 g/mol. The van der Waals surface area contributed by atoms with Gasteiger partial charge in [0.25, 0.3) is 5.91 Å². The lowest BCUT2D eigenvalue weighted by molar-refractivity contribution is -0.137. The molecule has 2 aromatic carbocycles. The number of piperazine rings is 1. The van der Waals surface area contributed by atoms with E-state index in [9.17, 15) is 22.4 Å². The molecule has 0 aromatic heterocycles. The first-order valence-electron chi connectivity index (χ1n) is 8.80. The Morgan fingerprint density at radius 3 is 2.57 bits per heavy atom. The van der Waals surface area contributed by atoms with Crippen molar-refractivity contribution in [1.29, 1.82) is 0 Å². The molecule has 8 heteroatoms. The van der Waals surface area contributed by atoms with Crippen LogP contribution in [-0.2, 0) is 12.6 Å². The minimum absolute atomic E-state index is 0.0246. The van der Waals surface area contributed by atoms with Crippen LogP contribution in [0.2, 0.25) is 0 Å². The molecule has 150 valence electrons. The van der Waals surface area contributed by atoms with Crippen molar-refractivity contribution in [2.75, 3.05) is 26.7 Å². The van der Waals surface area contributed by atoms with Crippen LogP contribution in [-0.4, -0.2) is 43.6 Å². The number of hydrogen-bond donors (Lipinski definition) is 1. The third kappa shape index (κ3) is 4.62. The van der Waals surface area contributed by atoms with Gasteiger partial charge in [-0.1, -0.05) is 12.1 Å². The molecule has 1 N–H and O–H groups in total. The van der Waals surface area contributed by atoms with Crippen LogP contribution in [0.3, 0.4) is 0 Å². The fourth-order valence-corrected chi connectivity index (χ4v) is 3.27. The molecule has 0 bridgehead atoms. The molecule has 0 spiro atoms. The predicted molar refractivity (Wildman–Crippen MR) is 95.8 cm³/mol. The second-order valence-electron chi connectivity index (χ2n) is 6.64. The Balaban J connectivity index is 1.87. The van der Waals surface area contributed by atoms with Gasteiger partial charge in [0.05, 0.1) is 12.7 Å². The second-order valence-corrected chi connectivity index (χ2v) is 6.64. The molecule has 1 heterocycles. The largest absolute Gasteiger partial charge is 0.497 e. The van der Waals surface area contributed by atoms with Gasteiger partial charge in [-0.3, -0.25) is 4.79 Å². The molecule has 1 atom stereocenters. The van der Waals surface area contributed by atoms with E-state index < -0.39 is 17.6 Å². The number of hydrogen-bond acceptors (Lipinski definition) is 3. The third-order valence-electron chi connectivity index (χ3n) is 4.71. The normalized spacial score (nSPS) is 17.5. The summed E-state index contributed by atoms with van der Waals surface area (Å²) in [7, 11) is 1.26. The van der Waals surface area contributed by atoms with Crippen LogP contribution in [0.5, 0.6) is 5.75 Å². The van der Waals surface area contributed by atoms with Crippen LogP contribution in [0, 0.1) is 5.82 Å². The average molecular weight is 396 g/mol. The fourth-order valence-electron chi connectivity index (χ4n) is 3.27. The zero-order valence-corrected chi connectivity index (χ0v) is 15.2. The van der Waals surface area contributed by atoms with Crippen molar-refractivity contribution in [3.63, 3.8) is 0 Å². The molecule has 1 amide bonds. The average Bonchev–Trinajstić information content (AvgIpc) is 2.68. The van der Waals surface area contributed by atoms with E-state index in [0.717, 1.165) is 17.7 Å². The minimum Gasteiger partial charge on any atom is -0.497 e. The van der Waals surface area contributed by atoms with E-state index in [1.807, 2.05) is 0 Å². The number of benzene rings is 2. The molecule has 0 radical (unpaired) electrons. The van der Waals surface area contributed by atoms with Crippen molar-refractivity contribution in [1.82, 2.24) is 10.2 Å². The van der Waals surface area contributed by atoms with E-state index in [1.165, 1.54) is 25.3 Å². The van der Waals surface area contributed by atoms with Crippen LogP contribution in [0.1, 0.15) is 21.5 Å². The number of carbonyl (C=O) groups excluding carboxylic acids is 1. The van der Waals surface area contributed by atoms with Gasteiger partial charge in [0.1, 0.15) is 11.6 Å². The van der Waals surface area contributed by atoms with Crippen LogP contribution in [0.4, 0.5) is 17.6 Å². The number of carbonyl (C=O) groups is 1. The van der Waals surface area contributed by atoms with Crippen molar-refractivity contribution < 1.29 is 27.1 Å². The lowest BCUT2D eigenvalue weighted by Gasteiger charge is -2.36. The highest BCUT2D eigenvalue weighted by molar-refractivity contribution is 5.95. The number of rotatable bonds is 4. The highest BCUT2D eigenvalue weighted by atomic mass is 19.4. The van der Waals surface area contributed by atoms with Crippen molar-refractivity contribution in [2.24, 2.45) is 0 Å². The van der Waals surface area contributed by atoms with Gasteiger partial charge in [-0.25, -0.2) is 4.39 Å². The molecular weight excluding hydrogens is 376 g/mol. The summed E-state index contributed by atoms with van der Waals surface area (Å²) in [4.78, 5) is 14.6. The van der Waals surface area contributed by atoms with Gasteiger partial charge < -0.3 is 15.0 Å². The van der Waals surface area contributed by atoms with E-state index in [-0.39, 0.29) is 23.2 Å². The molecular formula is C20H20F4N2O2. The highest BCUT2D eigenvalue weighted by Gasteiger charge is 2.34. The molecule has 4 nitrogen and oxygen atoms in total. The Labute approximate surface area is 160 Å². The SMILES string of the molecule is COc1cc(C(=O)N2CCNCC2Cc2ccc(F)cc2)cc(C(F)(F)F)c1. The second kappa shape index (κ2) is 8.18. The van der Waals surface area contributed by atoms with Crippen LogP contribution >= 0.6 is 0 Å². The Morgan fingerprint density at radius 1 is 1.21 bits per heavy atom. The van der Waals surface area contributed by atoms with Gasteiger partial charge in [0.15, 0.2) is 0 Å². The summed E-state index contributed by atoms with van der Waals surface area (Å²) in [6.07, 6.45) is -4.12. The van der Waals surface area contributed by atoms with Crippen molar-refractivity contribution >= 4 is 5.91 Å². The summed E-state index contributed by atoms with van der Waals surface area (Å²) in [6.45, 7) is 1.41. The Kier molecular flexibility index (Phi) is 5.88. The smallest absolute Gasteiger partial charge is 0.416 e. The quantitative estimate of drug-likeness (QED) is 0.805. The molecule has 0 aliphatic carbocycles. The van der Waals surface area contributed by atoms with E-state index in [4.69, 9.17) is 4.74 Å². The lowest BCUT2D eigenvalue weighted by atomic mass is 10.0. The summed E-state index contributed by atoms with van der Waals surface area (Å²) in [5.41, 5.74) is -0.160. The van der Waals surface area contributed by atoms with Crippen LogP contribution in [0.25, 0.3) is 0 Å². The predicted octanol–water partition coefficient (Wildman–Crippen LogP) is 3.51. The van der Waals surface area contributed by atoms with Crippen molar-refractivity contribution in [3.8, 4) is 5.75 Å². The number of halogens is 4. The van der Waals surface area contributed by atoms with Crippen LogP contribution < -0.4 is 10.1 Å². The molecule has 1 aliphatic heterocycles. The molecule has 0 saturated carbocycles. The standard InChI is InChI=1S/C20H20F4N2O2/c1-28-18-10-14(9-15(11-18)20(22,23)24)19(27)26-7-6-25-12-17(26)8-13-2-4-16(21)5-3-13/h2-5,9-11,17,25H,6-8,12H2,1H3. The van der Waals surface area contributed by atoms with E-state index in [2.05, 4.69) is 5.32 Å². The molecule has 28 heavy (non-hydrogen) atoms. The molecule has 1 saturated heterocycles. The summed E-state index contributed by atoms with van der Waals surface area (Å²) >= 11 is 0. The zero-order chi connectivity index (χ0) is 20.3. The molecule has 3 rings (SSSR count). The molecule has 1 aliphatic rings. The Hall–Kier alpha value is -2.61. The molecule has 2 aromatic rings. The van der Waals surface area contributed by atoms with Crippen molar-refractivity contribution in [3.05, 3.63) is 65.0 Å². The minimum atomic E-state index is -4.58. The number of nitrogens with zero attached hydrogens (tertiary/aromatic N) is 1. The maximum atomic E-state index is 13.2. The lowest BCUT2D eigenvalue weighted by Crippen LogP contribution is -2.54. The third-order valence-corrected chi connectivity index (χ3v) is 4.71. The van der Waals surface area contributed by atoms with Crippen LogP contribution in [0.15, 0.2) is 42.5 Å². The summed E-state index contributed by atoms with van der Waals surface area (Å²) in [6, 6.07) is 8.73. The fraction of sp³-hybridized carbons (Fsp3) is 0.350. The van der Waals surface area contributed by atoms with Gasteiger partial charge in [-0.15, -0.1) is 0 Å². The number of amides is 1. The maximum Gasteiger partial charge on any atom is 0.416 e. The summed E-state index contributed by atoms with van der Waals surface area (Å²) in [5.74, 6) is -0.865. The zero-order valence-electron chi connectivity index (χ0n) is 15.2. The number of nitrogens with one attached hydrogen (secondary N) is 1. The first-order valence-corrected chi connectivity index (χ1v) is 8.80. The topological polar surface area (TPSA) is 41.6 Å². The van der Waals surface area contributed by atoms with Gasteiger partial charge in [0, 0.05) is 31.2 Å². The maximum absolute atomic E-state index is 13.2. The van der Waals surface area contributed by atoms with Gasteiger partial charge in [-0.2, -0.15) is 13.2 Å². The number of alkyl halides is 3. The summed E-state index contributed by atoms with van der Waals surface area (Å²) in [5, 5.41) is 3.19. The van der Waals surface area contributed by atoms with E-state index in [0.29, 0.717) is 26.1 Å². The summed E-state index contributed by atoms with van der Waals surface area (Å²) < 4.78 is 57.6. The van der Waals surface area contributed by atoms with E-state index in [1.54, 1.807) is 17.0 Å². The molecule has 1 fully saturated rings. The van der Waals surface area contributed by atoms with Gasteiger partial charge in [-0.05, 0) is 42.3 Å².